The number of piperidine rings is 1. The maximum atomic E-state index is 13.6. The lowest BCUT2D eigenvalue weighted by Crippen LogP contribution is -2.48. The quantitative estimate of drug-likeness (QED) is 0.392. The molecule has 0 aliphatic carbocycles. The first-order chi connectivity index (χ1) is 17.4. The molecule has 2 unspecified atom stereocenters. The normalized spacial score (nSPS) is 17.2. The van der Waals surface area contributed by atoms with Crippen LogP contribution in [0.3, 0.4) is 0 Å². The summed E-state index contributed by atoms with van der Waals surface area (Å²) in [5.41, 5.74) is 0.387. The summed E-state index contributed by atoms with van der Waals surface area (Å²) in [5, 5.41) is 15.1. The minimum absolute atomic E-state index is 0.0104. The second-order valence-electron chi connectivity index (χ2n) is 9.81. The molecule has 1 saturated heterocycles. The van der Waals surface area contributed by atoms with Crippen molar-refractivity contribution in [3.8, 4) is 0 Å². The zero-order valence-electron chi connectivity index (χ0n) is 21.2. The van der Waals surface area contributed by atoms with Gasteiger partial charge in [-0.1, -0.05) is 58.5 Å². The lowest BCUT2D eigenvalue weighted by molar-refractivity contribution is -0.130. The van der Waals surface area contributed by atoms with E-state index in [1.165, 1.54) is 0 Å². The molecule has 0 bridgehead atoms. The number of hydrogen-bond donors (Lipinski definition) is 2. The van der Waals surface area contributed by atoms with Crippen LogP contribution in [-0.2, 0) is 15.0 Å². The van der Waals surface area contributed by atoms with E-state index in [2.05, 4.69) is 10.2 Å². The van der Waals surface area contributed by atoms with Crippen LogP contribution in [0, 0.1) is 0 Å². The van der Waals surface area contributed by atoms with E-state index in [0.29, 0.717) is 38.6 Å². The van der Waals surface area contributed by atoms with Crippen LogP contribution in [-0.4, -0.2) is 66.0 Å². The Labute approximate surface area is 238 Å². The SMILES string of the molecule is CC(=O)N(C)C1CCN(CCC(C)(C(=O)NCC(O)c2ccc(Cl)c(Cl)c2)c2ccc(Cl)c(Cl)c2)CC1. The monoisotopic (exact) mass is 587 g/mol. The topological polar surface area (TPSA) is 72.9 Å². The van der Waals surface area contributed by atoms with Gasteiger partial charge in [0, 0.05) is 39.6 Å². The largest absolute Gasteiger partial charge is 0.387 e. The molecule has 3 rings (SSSR count). The molecule has 0 aromatic heterocycles. The Morgan fingerprint density at radius 2 is 1.65 bits per heavy atom. The van der Waals surface area contributed by atoms with Gasteiger partial charge in [0.15, 0.2) is 0 Å². The van der Waals surface area contributed by atoms with Gasteiger partial charge in [0.1, 0.15) is 0 Å². The second kappa shape index (κ2) is 13.0. The predicted octanol–water partition coefficient (Wildman–Crippen LogP) is 5.74. The third-order valence-corrected chi connectivity index (χ3v) is 8.85. The molecule has 0 radical (unpaired) electrons. The van der Waals surface area contributed by atoms with Crippen molar-refractivity contribution < 1.29 is 14.7 Å². The van der Waals surface area contributed by atoms with Crippen molar-refractivity contribution in [3.05, 3.63) is 67.6 Å². The summed E-state index contributed by atoms with van der Waals surface area (Å²) in [6, 6.07) is 10.4. The summed E-state index contributed by atoms with van der Waals surface area (Å²) < 4.78 is 0. The minimum Gasteiger partial charge on any atom is -0.387 e. The van der Waals surface area contributed by atoms with Crippen molar-refractivity contribution in [1.29, 1.82) is 0 Å². The molecule has 2 atom stereocenters. The second-order valence-corrected chi connectivity index (χ2v) is 11.4. The highest BCUT2D eigenvalue weighted by atomic mass is 35.5. The lowest BCUT2D eigenvalue weighted by atomic mass is 9.78. The first-order valence-corrected chi connectivity index (χ1v) is 13.8. The molecule has 37 heavy (non-hydrogen) atoms. The van der Waals surface area contributed by atoms with Crippen molar-refractivity contribution in [2.24, 2.45) is 0 Å². The number of hydrogen-bond acceptors (Lipinski definition) is 4. The molecule has 1 aliphatic heterocycles. The Bertz CT molecular complexity index is 1120. The minimum atomic E-state index is -0.950. The summed E-state index contributed by atoms with van der Waals surface area (Å²) in [4.78, 5) is 29.4. The Hall–Kier alpha value is -1.54. The molecule has 2 amide bonds. The van der Waals surface area contributed by atoms with E-state index in [1.807, 2.05) is 24.9 Å². The number of halogens is 4. The van der Waals surface area contributed by atoms with Crippen LogP contribution < -0.4 is 5.32 Å². The van der Waals surface area contributed by atoms with Crippen molar-refractivity contribution >= 4 is 58.2 Å². The number of aliphatic hydroxyl groups excluding tert-OH is 1. The molecule has 10 heteroatoms. The molecule has 1 aliphatic rings. The first kappa shape index (κ1) is 30.0. The smallest absolute Gasteiger partial charge is 0.230 e. The molecule has 6 nitrogen and oxygen atoms in total. The Morgan fingerprint density at radius 3 is 2.22 bits per heavy atom. The van der Waals surface area contributed by atoms with Crippen LogP contribution in [0.15, 0.2) is 36.4 Å². The zero-order valence-corrected chi connectivity index (χ0v) is 24.3. The summed E-state index contributed by atoms with van der Waals surface area (Å²) in [6.07, 6.45) is 1.37. The lowest BCUT2D eigenvalue weighted by Gasteiger charge is -2.38. The van der Waals surface area contributed by atoms with E-state index >= 15 is 0 Å². The Morgan fingerprint density at radius 1 is 1.05 bits per heavy atom. The van der Waals surface area contributed by atoms with Gasteiger partial charge in [-0.25, -0.2) is 0 Å². The number of amides is 2. The molecule has 2 aromatic carbocycles. The average Bonchev–Trinajstić information content (AvgIpc) is 2.88. The van der Waals surface area contributed by atoms with Gasteiger partial charge in [0.25, 0.3) is 0 Å². The van der Waals surface area contributed by atoms with E-state index in [4.69, 9.17) is 46.4 Å². The summed E-state index contributed by atoms with van der Waals surface area (Å²) in [5.74, 6) is -0.151. The van der Waals surface area contributed by atoms with Crippen molar-refractivity contribution in [2.75, 3.05) is 33.2 Å². The fourth-order valence-corrected chi connectivity index (χ4v) is 5.22. The van der Waals surface area contributed by atoms with E-state index in [0.717, 1.165) is 31.5 Å². The van der Waals surface area contributed by atoms with Gasteiger partial charge in [-0.2, -0.15) is 0 Å². The Balaban J connectivity index is 1.71. The van der Waals surface area contributed by atoms with Crippen LogP contribution in [0.2, 0.25) is 20.1 Å². The van der Waals surface area contributed by atoms with Gasteiger partial charge in [0.2, 0.25) is 11.8 Å². The van der Waals surface area contributed by atoms with E-state index in [1.54, 1.807) is 37.3 Å². The van der Waals surface area contributed by atoms with Gasteiger partial charge in [-0.15, -0.1) is 0 Å². The van der Waals surface area contributed by atoms with Gasteiger partial charge in [-0.3, -0.25) is 9.59 Å². The third kappa shape index (κ3) is 7.53. The van der Waals surface area contributed by atoms with E-state index < -0.39 is 11.5 Å². The highest BCUT2D eigenvalue weighted by molar-refractivity contribution is 6.42. The molecule has 0 saturated carbocycles. The molecule has 0 spiro atoms. The average molecular weight is 589 g/mol. The van der Waals surface area contributed by atoms with Crippen molar-refractivity contribution in [2.45, 2.75) is 50.7 Å². The third-order valence-electron chi connectivity index (χ3n) is 7.37. The number of nitrogens with zero attached hydrogens (tertiary/aromatic N) is 2. The number of benzene rings is 2. The molecule has 1 heterocycles. The molecular weight excluding hydrogens is 556 g/mol. The fourth-order valence-electron chi connectivity index (χ4n) is 4.62. The maximum absolute atomic E-state index is 13.6. The summed E-state index contributed by atoms with van der Waals surface area (Å²) in [6.45, 7) is 5.86. The highest BCUT2D eigenvalue weighted by Gasteiger charge is 2.36. The van der Waals surface area contributed by atoms with Gasteiger partial charge in [0.05, 0.1) is 31.6 Å². The Kier molecular flexibility index (Phi) is 10.5. The van der Waals surface area contributed by atoms with Crippen molar-refractivity contribution in [3.63, 3.8) is 0 Å². The van der Waals surface area contributed by atoms with Gasteiger partial charge < -0.3 is 20.2 Å². The van der Waals surface area contributed by atoms with Crippen LogP contribution in [0.5, 0.6) is 0 Å². The molecule has 2 aromatic rings. The number of likely N-dealkylation sites (tertiary alicyclic amines) is 1. The zero-order chi connectivity index (χ0) is 27.3. The maximum Gasteiger partial charge on any atom is 0.230 e. The van der Waals surface area contributed by atoms with Gasteiger partial charge in [-0.05, 0) is 68.1 Å². The van der Waals surface area contributed by atoms with E-state index in [9.17, 15) is 14.7 Å². The highest BCUT2D eigenvalue weighted by Crippen LogP contribution is 2.34. The molecular formula is C27H33Cl4N3O3. The standard InChI is InChI=1S/C27H33Cl4N3O3/c1-17(35)33(3)20-8-11-34(12-9-20)13-10-27(2,19-5-7-22(29)24(31)15-19)26(37)32-16-25(36)18-4-6-21(28)23(30)14-18/h4-7,14-15,20,25,36H,8-13,16H2,1-3H3,(H,32,37). The first-order valence-electron chi connectivity index (χ1n) is 12.2. The fraction of sp³-hybridized carbons (Fsp3) is 0.481. The van der Waals surface area contributed by atoms with Crippen LogP contribution in [0.4, 0.5) is 0 Å². The number of aliphatic hydroxyl groups is 1. The summed E-state index contributed by atoms with van der Waals surface area (Å²) >= 11 is 24.5. The number of nitrogens with one attached hydrogen (secondary N) is 1. The molecule has 1 fully saturated rings. The number of rotatable bonds is 9. The number of carbonyl (C=O) groups is 2. The van der Waals surface area contributed by atoms with Gasteiger partial charge >= 0.3 is 0 Å². The molecule has 202 valence electrons. The van der Waals surface area contributed by atoms with Crippen LogP contribution >= 0.6 is 46.4 Å². The summed E-state index contributed by atoms with van der Waals surface area (Å²) in [7, 11) is 1.85. The van der Waals surface area contributed by atoms with Crippen molar-refractivity contribution in [1.82, 2.24) is 15.1 Å². The van der Waals surface area contributed by atoms with Crippen LogP contribution in [0.25, 0.3) is 0 Å². The molecule has 2 N–H and O–H groups in total. The number of carbonyl (C=O) groups excluding carboxylic acids is 2. The van der Waals surface area contributed by atoms with Crippen LogP contribution in [0.1, 0.15) is 50.3 Å². The van der Waals surface area contributed by atoms with E-state index in [-0.39, 0.29) is 24.4 Å². The predicted molar refractivity (Wildman–Crippen MR) is 151 cm³/mol.